The Morgan fingerprint density at radius 1 is 0.650 bits per heavy atom. The first-order valence-corrected chi connectivity index (χ1v) is 5.52. The lowest BCUT2D eigenvalue weighted by atomic mass is 9.99. The van der Waals surface area contributed by atoms with E-state index in [-0.39, 0.29) is 28.2 Å². The van der Waals surface area contributed by atoms with Crippen LogP contribution >= 0.6 is 0 Å². The number of rotatable bonds is 3. The van der Waals surface area contributed by atoms with Crippen LogP contribution in [-0.2, 0) is 0 Å². The second-order valence-corrected chi connectivity index (χ2v) is 4.15. The first kappa shape index (κ1) is 13.4. The largest absolute Gasteiger partial charge is 0.508 e. The molecule has 0 bridgehead atoms. The van der Waals surface area contributed by atoms with Crippen molar-refractivity contribution in [2.45, 2.75) is 0 Å². The van der Waals surface area contributed by atoms with Gasteiger partial charge in [-0.2, -0.15) is 0 Å². The SMILES string of the molecule is O=C(O)c1cc(C(=O)O)cc(-c2cc(O)cc(O)c2)c1. The van der Waals surface area contributed by atoms with Crippen LogP contribution in [0.3, 0.4) is 0 Å². The minimum Gasteiger partial charge on any atom is -0.508 e. The third-order valence-corrected chi connectivity index (χ3v) is 2.66. The van der Waals surface area contributed by atoms with Gasteiger partial charge in [-0.1, -0.05) is 0 Å². The number of aromatic carboxylic acids is 2. The van der Waals surface area contributed by atoms with E-state index in [1.807, 2.05) is 0 Å². The van der Waals surface area contributed by atoms with E-state index in [0.717, 1.165) is 12.1 Å². The zero-order valence-corrected chi connectivity index (χ0v) is 10.1. The fourth-order valence-electron chi connectivity index (χ4n) is 1.80. The molecule has 0 radical (unpaired) electrons. The van der Waals surface area contributed by atoms with Crippen molar-refractivity contribution >= 4 is 11.9 Å². The Bertz CT molecular complexity index is 652. The molecular weight excluding hydrogens is 264 g/mol. The van der Waals surface area contributed by atoms with E-state index in [1.54, 1.807) is 0 Å². The number of hydrogen-bond acceptors (Lipinski definition) is 4. The van der Waals surface area contributed by atoms with Gasteiger partial charge in [-0.25, -0.2) is 9.59 Å². The van der Waals surface area contributed by atoms with Gasteiger partial charge in [0, 0.05) is 6.07 Å². The molecule has 102 valence electrons. The molecule has 2 aromatic rings. The van der Waals surface area contributed by atoms with Crippen molar-refractivity contribution in [3.63, 3.8) is 0 Å². The monoisotopic (exact) mass is 274 g/mol. The number of carbonyl (C=O) groups is 2. The molecule has 4 N–H and O–H groups in total. The van der Waals surface area contributed by atoms with Crippen molar-refractivity contribution in [2.75, 3.05) is 0 Å². The van der Waals surface area contributed by atoms with Gasteiger partial charge in [-0.3, -0.25) is 0 Å². The summed E-state index contributed by atoms with van der Waals surface area (Å²) in [6, 6.07) is 7.28. The molecule has 0 aliphatic carbocycles. The van der Waals surface area contributed by atoms with Crippen LogP contribution in [0, 0.1) is 0 Å². The second-order valence-electron chi connectivity index (χ2n) is 4.15. The zero-order chi connectivity index (χ0) is 14.9. The van der Waals surface area contributed by atoms with Crippen molar-refractivity contribution in [3.05, 3.63) is 47.5 Å². The lowest BCUT2D eigenvalue weighted by Crippen LogP contribution is -2.03. The molecule has 2 aromatic carbocycles. The van der Waals surface area contributed by atoms with Gasteiger partial charge in [-0.15, -0.1) is 0 Å². The Morgan fingerprint density at radius 3 is 1.45 bits per heavy atom. The minimum atomic E-state index is -1.27. The highest BCUT2D eigenvalue weighted by Crippen LogP contribution is 2.30. The number of carboxylic acids is 2. The lowest BCUT2D eigenvalue weighted by molar-refractivity contribution is 0.0696. The third kappa shape index (κ3) is 2.69. The molecule has 0 saturated carbocycles. The van der Waals surface area contributed by atoms with Crippen LogP contribution in [0.4, 0.5) is 0 Å². The lowest BCUT2D eigenvalue weighted by Gasteiger charge is -2.07. The number of phenolic OH excluding ortho intramolecular Hbond substituents is 2. The Kier molecular flexibility index (Phi) is 3.30. The molecular formula is C14H10O6. The topological polar surface area (TPSA) is 115 Å². The summed E-state index contributed by atoms with van der Waals surface area (Å²) in [6.07, 6.45) is 0. The molecule has 0 aromatic heterocycles. The van der Waals surface area contributed by atoms with E-state index in [2.05, 4.69) is 0 Å². The summed E-state index contributed by atoms with van der Waals surface area (Å²) in [5, 5.41) is 36.8. The maximum atomic E-state index is 11.0. The maximum Gasteiger partial charge on any atom is 0.335 e. The predicted octanol–water partition coefficient (Wildman–Crippen LogP) is 2.16. The van der Waals surface area contributed by atoms with Crippen LogP contribution < -0.4 is 0 Å². The fourth-order valence-corrected chi connectivity index (χ4v) is 1.80. The van der Waals surface area contributed by atoms with Crippen LogP contribution in [0.1, 0.15) is 20.7 Å². The number of aromatic hydroxyl groups is 2. The van der Waals surface area contributed by atoms with Crippen molar-refractivity contribution in [2.24, 2.45) is 0 Å². The Hall–Kier alpha value is -3.02. The van der Waals surface area contributed by atoms with Gasteiger partial charge in [0.1, 0.15) is 11.5 Å². The van der Waals surface area contributed by atoms with Crippen molar-refractivity contribution in [1.82, 2.24) is 0 Å². The first-order chi connectivity index (χ1) is 9.36. The van der Waals surface area contributed by atoms with Crippen LogP contribution in [0.15, 0.2) is 36.4 Å². The number of carboxylic acid groups (broad SMARTS) is 2. The Labute approximate surface area is 113 Å². The van der Waals surface area contributed by atoms with E-state index >= 15 is 0 Å². The normalized spacial score (nSPS) is 10.2. The molecule has 6 nitrogen and oxygen atoms in total. The number of benzene rings is 2. The van der Waals surface area contributed by atoms with Crippen LogP contribution in [0.2, 0.25) is 0 Å². The molecule has 6 heteroatoms. The van der Waals surface area contributed by atoms with Gasteiger partial charge in [0.2, 0.25) is 0 Å². The Balaban J connectivity index is 2.66. The molecule has 0 aliphatic heterocycles. The summed E-state index contributed by atoms with van der Waals surface area (Å²) in [5.41, 5.74) is 0.201. The van der Waals surface area contributed by atoms with Crippen molar-refractivity contribution in [1.29, 1.82) is 0 Å². The van der Waals surface area contributed by atoms with E-state index in [1.165, 1.54) is 24.3 Å². The van der Waals surface area contributed by atoms with Crippen molar-refractivity contribution < 1.29 is 30.0 Å². The molecule has 0 unspecified atom stereocenters. The van der Waals surface area contributed by atoms with E-state index in [0.29, 0.717) is 5.56 Å². The molecule has 20 heavy (non-hydrogen) atoms. The van der Waals surface area contributed by atoms with Gasteiger partial charge < -0.3 is 20.4 Å². The van der Waals surface area contributed by atoms with Crippen LogP contribution in [-0.4, -0.2) is 32.4 Å². The quantitative estimate of drug-likeness (QED) is 0.681. The minimum absolute atomic E-state index is 0.192. The third-order valence-electron chi connectivity index (χ3n) is 2.66. The van der Waals surface area contributed by atoms with Gasteiger partial charge in [0.05, 0.1) is 11.1 Å². The average Bonchev–Trinajstić information content (AvgIpc) is 2.36. The zero-order valence-electron chi connectivity index (χ0n) is 10.1. The number of hydrogen-bond donors (Lipinski definition) is 4. The van der Waals surface area contributed by atoms with E-state index < -0.39 is 11.9 Å². The number of phenols is 2. The summed E-state index contributed by atoms with van der Waals surface area (Å²) in [5.74, 6) is -2.95. The Morgan fingerprint density at radius 2 is 1.05 bits per heavy atom. The summed E-state index contributed by atoms with van der Waals surface area (Å²) in [7, 11) is 0. The maximum absolute atomic E-state index is 11.0. The molecule has 0 saturated heterocycles. The fraction of sp³-hybridized carbons (Fsp3) is 0. The summed E-state index contributed by atoms with van der Waals surface area (Å²) >= 11 is 0. The average molecular weight is 274 g/mol. The second kappa shape index (κ2) is 4.93. The first-order valence-electron chi connectivity index (χ1n) is 5.52. The summed E-state index contributed by atoms with van der Waals surface area (Å²) in [6.45, 7) is 0. The molecule has 0 atom stereocenters. The molecule has 0 amide bonds. The molecule has 2 rings (SSSR count). The summed E-state index contributed by atoms with van der Waals surface area (Å²) < 4.78 is 0. The molecule has 0 heterocycles. The van der Waals surface area contributed by atoms with Gasteiger partial charge in [0.25, 0.3) is 0 Å². The van der Waals surface area contributed by atoms with Gasteiger partial charge in [-0.05, 0) is 41.5 Å². The smallest absolute Gasteiger partial charge is 0.335 e. The standard InChI is InChI=1S/C14H10O6/c15-11-4-8(5-12(16)6-11)7-1-9(13(17)18)3-10(2-7)14(19)20/h1-6,15-16H,(H,17,18)(H,19,20). The van der Waals surface area contributed by atoms with E-state index in [4.69, 9.17) is 10.2 Å². The highest BCUT2D eigenvalue weighted by Gasteiger charge is 2.13. The summed E-state index contributed by atoms with van der Waals surface area (Å²) in [4.78, 5) is 22.0. The van der Waals surface area contributed by atoms with Crippen LogP contribution in [0.5, 0.6) is 11.5 Å². The molecule has 0 spiro atoms. The molecule has 0 fully saturated rings. The predicted molar refractivity (Wildman–Crippen MR) is 69.1 cm³/mol. The van der Waals surface area contributed by atoms with E-state index in [9.17, 15) is 19.8 Å². The van der Waals surface area contributed by atoms with Crippen LogP contribution in [0.25, 0.3) is 11.1 Å². The molecule has 0 aliphatic rings. The highest BCUT2D eigenvalue weighted by molar-refractivity contribution is 5.96. The van der Waals surface area contributed by atoms with Gasteiger partial charge in [0.15, 0.2) is 0 Å². The highest BCUT2D eigenvalue weighted by atomic mass is 16.4. The van der Waals surface area contributed by atoms with Gasteiger partial charge >= 0.3 is 11.9 Å². The van der Waals surface area contributed by atoms with Crippen molar-refractivity contribution in [3.8, 4) is 22.6 Å².